The molecule has 0 bridgehead atoms. The van der Waals surface area contributed by atoms with E-state index in [4.69, 9.17) is 47.4 Å². The number of aliphatic hydroxyl groups excluding tert-OH is 12. The molecule has 4 aliphatic rings. The first-order valence-corrected chi connectivity index (χ1v) is 29.9. The number of nitrogens with one attached hydrogen (secondary N) is 5. The second-order valence-corrected chi connectivity index (χ2v) is 22.3. The molecule has 0 saturated carbocycles. The summed E-state index contributed by atoms with van der Waals surface area (Å²) in [6.07, 6.45) is -21.7. The summed E-state index contributed by atoms with van der Waals surface area (Å²) in [6.45, 7) is 2.51. The minimum atomic E-state index is -1.99. The van der Waals surface area contributed by atoms with Crippen LogP contribution in [0.5, 0.6) is 5.75 Å². The molecule has 1 aromatic carbocycles. The van der Waals surface area contributed by atoms with Crippen LogP contribution >= 0.6 is 0 Å². The number of amides is 5. The second-order valence-electron chi connectivity index (χ2n) is 22.3. The average molecular weight is 1280 g/mol. The van der Waals surface area contributed by atoms with Crippen molar-refractivity contribution in [1.29, 1.82) is 0 Å². The van der Waals surface area contributed by atoms with Gasteiger partial charge in [0.05, 0.1) is 52.4 Å². The smallest absolute Gasteiger partial charge is 0.251 e. The second kappa shape index (κ2) is 37.1. The lowest BCUT2D eigenvalue weighted by Gasteiger charge is -2.49. The maximum atomic E-state index is 13.9. The molecule has 5 amide bonds. The first-order chi connectivity index (χ1) is 42.4. The summed E-state index contributed by atoms with van der Waals surface area (Å²) >= 11 is 0. The Kier molecular flexibility index (Phi) is 31.3. The Hall–Kier alpha value is -4.73. The zero-order chi connectivity index (χ0) is 65.6. The summed E-state index contributed by atoms with van der Waals surface area (Å²) in [6, 6.07) is -1.89. The van der Waals surface area contributed by atoms with Crippen molar-refractivity contribution < 1.29 is 133 Å². The van der Waals surface area contributed by atoms with Gasteiger partial charge in [0.1, 0.15) is 115 Å². The van der Waals surface area contributed by atoms with Crippen molar-refractivity contribution in [2.75, 3.05) is 46.2 Å². The summed E-state index contributed by atoms with van der Waals surface area (Å²) in [5.41, 5.74) is 0.0673. The van der Waals surface area contributed by atoms with Gasteiger partial charge in [-0.15, -0.1) is 0 Å². The van der Waals surface area contributed by atoms with Gasteiger partial charge >= 0.3 is 0 Å². The molecule has 4 fully saturated rings. The van der Waals surface area contributed by atoms with E-state index in [1.165, 1.54) is 31.9 Å². The van der Waals surface area contributed by atoms with Crippen molar-refractivity contribution >= 4 is 29.5 Å². The highest BCUT2D eigenvalue weighted by Gasteiger charge is 2.55. The first kappa shape index (κ1) is 75.0. The topological polar surface area (TPSA) is 481 Å². The van der Waals surface area contributed by atoms with Gasteiger partial charge in [0.25, 0.3) is 5.91 Å². The Labute approximate surface area is 515 Å². The largest absolute Gasteiger partial charge is 0.494 e. The molecule has 0 aromatic heterocycles. The molecule has 17 N–H and O–H groups in total. The molecule has 32 heteroatoms. The number of carbonyl (C=O) groups is 5. The van der Waals surface area contributed by atoms with E-state index in [0.717, 1.165) is 53.4 Å². The maximum absolute atomic E-state index is 13.9. The van der Waals surface area contributed by atoms with Crippen LogP contribution in [0.1, 0.15) is 96.8 Å². The van der Waals surface area contributed by atoms with E-state index >= 15 is 0 Å². The Bertz CT molecular complexity index is 2370. The minimum absolute atomic E-state index is 0.0673. The number of hydrogen-bond acceptors (Lipinski definition) is 27. The summed E-state index contributed by atoms with van der Waals surface area (Å²) in [4.78, 5) is 63.8. The molecule has 89 heavy (non-hydrogen) atoms. The molecule has 13 unspecified atom stereocenters. The van der Waals surface area contributed by atoms with Crippen LogP contribution in [0.15, 0.2) is 36.4 Å². The fourth-order valence-electron chi connectivity index (χ4n) is 10.7. The molecule has 4 heterocycles. The van der Waals surface area contributed by atoms with Crippen LogP contribution in [-0.2, 0) is 61.8 Å². The quantitative estimate of drug-likeness (QED) is 0.0174. The van der Waals surface area contributed by atoms with Gasteiger partial charge in [-0.05, 0) is 50.8 Å². The third-order valence-electron chi connectivity index (χ3n) is 15.3. The van der Waals surface area contributed by atoms with E-state index in [1.54, 1.807) is 12.1 Å². The summed E-state index contributed by atoms with van der Waals surface area (Å²) < 4.78 is 60.0. The van der Waals surface area contributed by atoms with Crippen LogP contribution in [0, 0.1) is 0 Å². The van der Waals surface area contributed by atoms with Crippen molar-refractivity contribution in [3.8, 4) is 5.75 Å². The zero-order valence-corrected chi connectivity index (χ0v) is 50.7. The third kappa shape index (κ3) is 21.1. The fraction of sp³-hybridized carbons (Fsp3) is 0.772. The van der Waals surface area contributed by atoms with E-state index in [-0.39, 0.29) is 5.56 Å². The van der Waals surface area contributed by atoms with Crippen LogP contribution in [0.2, 0.25) is 0 Å². The molecular formula is C57H93N5O27. The summed E-state index contributed by atoms with van der Waals surface area (Å²) in [7, 11) is 0. The zero-order valence-electron chi connectivity index (χ0n) is 50.7. The molecule has 0 aliphatic carbocycles. The van der Waals surface area contributed by atoms with Crippen LogP contribution in [0.25, 0.3) is 0 Å². The predicted octanol–water partition coefficient (Wildman–Crippen LogP) is -5.59. The van der Waals surface area contributed by atoms with E-state index < -0.39 is 216 Å². The van der Waals surface area contributed by atoms with E-state index in [2.05, 4.69) is 45.7 Å². The van der Waals surface area contributed by atoms with Gasteiger partial charge in [0.2, 0.25) is 23.6 Å². The predicted molar refractivity (Wildman–Crippen MR) is 304 cm³/mol. The number of hydrogen-bond donors (Lipinski definition) is 17. The van der Waals surface area contributed by atoms with Gasteiger partial charge in [-0.2, -0.15) is 0 Å². The van der Waals surface area contributed by atoms with Crippen LogP contribution < -0.4 is 31.3 Å². The van der Waals surface area contributed by atoms with Crippen LogP contribution in [-0.4, -0.2) is 284 Å². The summed E-state index contributed by atoms with van der Waals surface area (Å²) in [5.74, 6) is -3.42. The van der Waals surface area contributed by atoms with Gasteiger partial charge in [0, 0.05) is 33.3 Å². The van der Waals surface area contributed by atoms with Crippen molar-refractivity contribution in [2.24, 2.45) is 0 Å². The first-order valence-electron chi connectivity index (χ1n) is 29.9. The average Bonchev–Trinajstić information content (AvgIpc) is 2.62. The lowest BCUT2D eigenvalue weighted by atomic mass is 9.94. The number of aliphatic hydroxyl groups is 12. The Morgan fingerprint density at radius 3 is 1.64 bits per heavy atom. The summed E-state index contributed by atoms with van der Waals surface area (Å²) in [5, 5.41) is 144. The van der Waals surface area contributed by atoms with E-state index in [9.17, 15) is 85.3 Å². The molecule has 0 spiro atoms. The lowest BCUT2D eigenvalue weighted by molar-refractivity contribution is -0.350. The molecule has 0 radical (unpaired) electrons. The normalized spacial score (nSPS) is 33.7. The number of benzene rings is 1. The Morgan fingerprint density at radius 1 is 0.562 bits per heavy atom. The van der Waals surface area contributed by atoms with Crippen LogP contribution in [0.3, 0.4) is 0 Å². The number of unbranched alkanes of at least 4 members (excludes halogenated alkanes) is 5. The molecule has 24 atom stereocenters. The van der Waals surface area contributed by atoms with Gasteiger partial charge in [-0.1, -0.05) is 44.4 Å². The molecule has 4 saturated heterocycles. The standard InChI is InChI=1S/C57H93N5O27/c1-7-8-9-10-11-12-13-14-15-19-80-33-18-16-17-32(20-33)52(78)62-41-45(74)44(73)36(23-65)84-56(41)89-51-39(26-68)85-55(42(47(51)76)60-30(5)71)81-27(2)35(22-64)83-54(34(21-63)58-28(3)69)87-50-38(25-67)86-57(43(48(50)77)61-31(6)72)88-49-37(24-66)82-53(79)40(46(49)75)59-29(4)70/h12-13,16-18,20,27,34-51,53-57,63-68,73-77,79H,7-11,14-15,19,21-26H2,1-6H3,(H,58,69)(H,59,70)(H,60,71)(H,61,72)(H,62,78)/b13-12-/t27?,34-,35?,36?,37?,38-,39-,40-,41-,42?,43?,44+,45?,46+,47?,48?,49?,50+,51+,53?,54-,55+,56?,57?/m0/s1. The highest BCUT2D eigenvalue weighted by molar-refractivity contribution is 5.94. The highest BCUT2D eigenvalue weighted by atomic mass is 16.8. The Balaban J connectivity index is 1.34. The number of rotatable bonds is 34. The van der Waals surface area contributed by atoms with Gasteiger partial charge in [-0.3, -0.25) is 24.0 Å². The highest BCUT2D eigenvalue weighted by Crippen LogP contribution is 2.34. The van der Waals surface area contributed by atoms with Crippen LogP contribution in [0.4, 0.5) is 0 Å². The van der Waals surface area contributed by atoms with Crippen molar-refractivity contribution in [1.82, 2.24) is 26.6 Å². The molecule has 1 aromatic rings. The molecule has 4 aliphatic heterocycles. The van der Waals surface area contributed by atoms with Crippen molar-refractivity contribution in [2.45, 2.75) is 234 Å². The fourth-order valence-corrected chi connectivity index (χ4v) is 10.7. The van der Waals surface area contributed by atoms with Gasteiger partial charge in [-0.25, -0.2) is 0 Å². The third-order valence-corrected chi connectivity index (χ3v) is 15.3. The monoisotopic (exact) mass is 1280 g/mol. The maximum Gasteiger partial charge on any atom is 0.251 e. The Morgan fingerprint density at radius 2 is 1.08 bits per heavy atom. The van der Waals surface area contributed by atoms with E-state index in [0.29, 0.717) is 18.8 Å². The molecule has 32 nitrogen and oxygen atoms in total. The van der Waals surface area contributed by atoms with Gasteiger partial charge in [0.15, 0.2) is 31.5 Å². The number of carbonyl (C=O) groups excluding carboxylic acids is 5. The van der Waals surface area contributed by atoms with E-state index in [1.807, 2.05) is 0 Å². The molecular weight excluding hydrogens is 1190 g/mol. The number of allylic oxidation sites excluding steroid dienone is 2. The SMILES string of the molecule is CCCCCC/C=C\CCCOc1cccc(C(=O)N[C@@H]2C(O[C@H]3C(O)C(NC(C)=O)[C@H](OC(C)C(CO)O[C@@H](O[C@H]4C(O)C(NC(C)=O)C(OC5C(CO)OC(O)[C@@H](NC(C)=O)[C@H]5O)O[C@H]4CO)[C@H](CO)NC(C)=O)O[C@H]3CO)OC(CO)[C@@H](O)C2O)c1. The molecule has 5 rings (SSSR count). The number of ether oxygens (including phenoxy) is 10. The van der Waals surface area contributed by atoms with Crippen molar-refractivity contribution in [3.05, 3.63) is 42.0 Å². The van der Waals surface area contributed by atoms with Crippen molar-refractivity contribution in [3.63, 3.8) is 0 Å². The molecule has 508 valence electrons. The van der Waals surface area contributed by atoms with Gasteiger partial charge < -0.3 is 135 Å². The lowest BCUT2D eigenvalue weighted by Crippen LogP contribution is -2.70. The minimum Gasteiger partial charge on any atom is -0.494 e.